The zero-order valence-electron chi connectivity index (χ0n) is 26.9. The highest BCUT2D eigenvalue weighted by molar-refractivity contribution is 7.07. The summed E-state index contributed by atoms with van der Waals surface area (Å²) in [6.45, 7) is 4.45. The number of esters is 1. The van der Waals surface area contributed by atoms with E-state index in [4.69, 9.17) is 47.1 Å². The lowest BCUT2D eigenvalue weighted by molar-refractivity contribution is -0.138. The Morgan fingerprint density at radius 3 is 2.41 bits per heavy atom. The minimum atomic E-state index is -0.823. The van der Waals surface area contributed by atoms with Crippen molar-refractivity contribution in [3.63, 3.8) is 0 Å². The average Bonchev–Trinajstić information content (AvgIpc) is 3.42. The quantitative estimate of drug-likeness (QED) is 0.134. The van der Waals surface area contributed by atoms with Gasteiger partial charge in [-0.2, -0.15) is 0 Å². The first kappa shape index (κ1) is 34.0. The van der Waals surface area contributed by atoms with Gasteiger partial charge in [0, 0.05) is 26.7 Å². The van der Waals surface area contributed by atoms with Gasteiger partial charge in [-0.1, -0.05) is 95.2 Å². The second kappa shape index (κ2) is 15.2. The van der Waals surface area contributed by atoms with Crippen LogP contribution in [0.3, 0.4) is 0 Å². The SMILES string of the molecule is CCOC(=O)C1=C(c2ccccc2)N=c2s/c(=C\c3cccc(OC)c3OCc3ccc(Cl)cc3Cl)c(=O)n2[C@@H]1c1ccc(OCC)cc1. The molecule has 0 aliphatic carbocycles. The molecule has 0 fully saturated rings. The van der Waals surface area contributed by atoms with E-state index in [0.717, 1.165) is 11.1 Å². The van der Waals surface area contributed by atoms with Crippen LogP contribution < -0.4 is 29.1 Å². The highest BCUT2D eigenvalue weighted by atomic mass is 35.5. The zero-order valence-corrected chi connectivity index (χ0v) is 29.3. The summed E-state index contributed by atoms with van der Waals surface area (Å²) in [5, 5.41) is 0.991. The van der Waals surface area contributed by atoms with Crippen molar-refractivity contribution in [2.24, 2.45) is 4.99 Å². The van der Waals surface area contributed by atoms with Crippen LogP contribution in [-0.2, 0) is 16.1 Å². The Morgan fingerprint density at radius 2 is 1.71 bits per heavy atom. The predicted octanol–water partition coefficient (Wildman–Crippen LogP) is 7.23. The lowest BCUT2D eigenvalue weighted by atomic mass is 9.93. The van der Waals surface area contributed by atoms with Gasteiger partial charge in [0.2, 0.25) is 0 Å². The largest absolute Gasteiger partial charge is 0.494 e. The van der Waals surface area contributed by atoms with Gasteiger partial charge >= 0.3 is 5.97 Å². The van der Waals surface area contributed by atoms with Gasteiger partial charge in [-0.15, -0.1) is 0 Å². The maximum atomic E-state index is 14.4. The fraction of sp³-hybridized carbons (Fsp3) is 0.184. The second-order valence-electron chi connectivity index (χ2n) is 10.8. The summed E-state index contributed by atoms with van der Waals surface area (Å²) in [6.07, 6.45) is 1.75. The van der Waals surface area contributed by atoms with Gasteiger partial charge in [-0.25, -0.2) is 9.79 Å². The maximum absolute atomic E-state index is 14.4. The van der Waals surface area contributed by atoms with Gasteiger partial charge < -0.3 is 18.9 Å². The number of para-hydroxylation sites is 1. The summed E-state index contributed by atoms with van der Waals surface area (Å²) in [6, 6.07) is 26.6. The molecule has 2 heterocycles. The molecule has 8 nitrogen and oxygen atoms in total. The fourth-order valence-electron chi connectivity index (χ4n) is 5.56. The van der Waals surface area contributed by atoms with Crippen molar-refractivity contribution in [2.45, 2.75) is 26.5 Å². The minimum Gasteiger partial charge on any atom is -0.494 e. The van der Waals surface area contributed by atoms with E-state index < -0.39 is 12.0 Å². The first-order valence-corrected chi connectivity index (χ1v) is 17.1. The van der Waals surface area contributed by atoms with Crippen LogP contribution in [0.2, 0.25) is 10.0 Å². The topological polar surface area (TPSA) is 88.4 Å². The molecule has 0 bridgehead atoms. The molecule has 6 rings (SSSR count). The van der Waals surface area contributed by atoms with E-state index in [9.17, 15) is 9.59 Å². The van der Waals surface area contributed by atoms with Gasteiger partial charge in [0.15, 0.2) is 16.3 Å². The van der Waals surface area contributed by atoms with Crippen LogP contribution in [0.15, 0.2) is 106 Å². The summed E-state index contributed by atoms with van der Waals surface area (Å²) in [5.74, 6) is 1.04. The number of thiazole rings is 1. The Labute approximate surface area is 297 Å². The van der Waals surface area contributed by atoms with Crippen molar-refractivity contribution in [1.82, 2.24) is 4.57 Å². The van der Waals surface area contributed by atoms with Crippen LogP contribution in [0, 0.1) is 0 Å². The highest BCUT2D eigenvalue weighted by Gasteiger charge is 2.35. The molecule has 0 N–H and O–H groups in total. The number of halogens is 2. The summed E-state index contributed by atoms with van der Waals surface area (Å²) >= 11 is 13.7. The third-order valence-electron chi connectivity index (χ3n) is 7.78. The average molecular weight is 716 g/mol. The molecule has 4 aromatic carbocycles. The Kier molecular flexibility index (Phi) is 10.5. The number of benzene rings is 4. The molecular formula is C38H32Cl2N2O6S. The minimum absolute atomic E-state index is 0.138. The molecule has 0 radical (unpaired) electrons. The van der Waals surface area contributed by atoms with Crippen LogP contribution >= 0.6 is 34.5 Å². The Hall–Kier alpha value is -4.83. The van der Waals surface area contributed by atoms with E-state index in [0.29, 0.717) is 60.1 Å². The standard InChI is InChI=1S/C38H32Cl2N2O6S/c1-4-46-28-18-15-24(16-19-28)34-32(37(44)47-5-2)33(23-10-7-6-8-11-23)41-38-42(34)36(43)31(49-38)20-25-12-9-13-30(45-3)35(25)48-22-26-14-17-27(39)21-29(26)40/h6-21,34H,4-5,22H2,1-3H3/b31-20-/t34-/m1/s1. The van der Waals surface area contributed by atoms with Crippen LogP contribution in [0.4, 0.5) is 0 Å². The monoisotopic (exact) mass is 714 g/mol. The number of hydrogen-bond donors (Lipinski definition) is 0. The Balaban J connectivity index is 1.54. The summed E-state index contributed by atoms with van der Waals surface area (Å²) in [7, 11) is 1.55. The van der Waals surface area contributed by atoms with Crippen LogP contribution in [0.1, 0.15) is 42.1 Å². The number of aromatic nitrogens is 1. The molecule has 0 amide bonds. The van der Waals surface area contributed by atoms with Crippen LogP contribution in [-0.4, -0.2) is 30.9 Å². The van der Waals surface area contributed by atoms with Gasteiger partial charge in [0.05, 0.1) is 42.2 Å². The molecule has 0 saturated carbocycles. The van der Waals surface area contributed by atoms with Gasteiger partial charge in [-0.3, -0.25) is 9.36 Å². The molecule has 1 aliphatic heterocycles. The van der Waals surface area contributed by atoms with Crippen LogP contribution in [0.25, 0.3) is 11.8 Å². The molecule has 1 aliphatic rings. The van der Waals surface area contributed by atoms with Gasteiger partial charge in [0.25, 0.3) is 5.56 Å². The van der Waals surface area contributed by atoms with Crippen molar-refractivity contribution in [1.29, 1.82) is 0 Å². The van der Waals surface area contributed by atoms with E-state index in [1.54, 1.807) is 48.9 Å². The first-order valence-electron chi connectivity index (χ1n) is 15.6. The number of ether oxygens (including phenoxy) is 4. The molecule has 0 unspecified atom stereocenters. The lowest BCUT2D eigenvalue weighted by Crippen LogP contribution is -2.40. The molecule has 5 aromatic rings. The number of carbonyl (C=O) groups is 1. The summed E-state index contributed by atoms with van der Waals surface area (Å²) in [5.41, 5.74) is 3.15. The van der Waals surface area contributed by atoms with Crippen LogP contribution in [0.5, 0.6) is 17.2 Å². The van der Waals surface area contributed by atoms with Crippen molar-refractivity contribution in [3.8, 4) is 17.2 Å². The Bertz CT molecular complexity index is 2210. The first-order chi connectivity index (χ1) is 23.8. The van der Waals surface area contributed by atoms with Crippen molar-refractivity contribution >= 4 is 52.3 Å². The fourth-order valence-corrected chi connectivity index (χ4v) is 7.02. The van der Waals surface area contributed by atoms with E-state index in [2.05, 4.69) is 0 Å². The summed E-state index contributed by atoms with van der Waals surface area (Å²) < 4.78 is 25.1. The third-order valence-corrected chi connectivity index (χ3v) is 9.35. The van der Waals surface area contributed by atoms with Gasteiger partial charge in [0.1, 0.15) is 12.4 Å². The third kappa shape index (κ3) is 7.15. The number of carbonyl (C=O) groups excluding carboxylic acids is 1. The smallest absolute Gasteiger partial charge is 0.338 e. The molecule has 11 heteroatoms. The highest BCUT2D eigenvalue weighted by Crippen LogP contribution is 2.36. The van der Waals surface area contributed by atoms with E-state index in [1.165, 1.54) is 11.3 Å². The molecule has 250 valence electrons. The second-order valence-corrected chi connectivity index (χ2v) is 12.7. The molecule has 1 atom stereocenters. The Morgan fingerprint density at radius 1 is 0.939 bits per heavy atom. The van der Waals surface area contributed by atoms with E-state index >= 15 is 0 Å². The van der Waals surface area contributed by atoms with Crippen molar-refractivity contribution < 1.29 is 23.7 Å². The summed E-state index contributed by atoms with van der Waals surface area (Å²) in [4.78, 5) is 33.6. The molecule has 0 saturated heterocycles. The lowest BCUT2D eigenvalue weighted by Gasteiger charge is -2.26. The number of methoxy groups -OCH3 is 1. The van der Waals surface area contributed by atoms with E-state index in [1.807, 2.05) is 73.7 Å². The molecule has 1 aromatic heterocycles. The number of hydrogen-bond acceptors (Lipinski definition) is 8. The zero-order chi connectivity index (χ0) is 34.5. The van der Waals surface area contributed by atoms with Gasteiger partial charge in [-0.05, 0) is 55.8 Å². The maximum Gasteiger partial charge on any atom is 0.338 e. The van der Waals surface area contributed by atoms with Crippen molar-refractivity contribution in [3.05, 3.63) is 149 Å². The number of rotatable bonds is 11. The molecule has 49 heavy (non-hydrogen) atoms. The molecule has 0 spiro atoms. The predicted molar refractivity (Wildman–Crippen MR) is 192 cm³/mol. The van der Waals surface area contributed by atoms with E-state index in [-0.39, 0.29) is 24.3 Å². The molecular weight excluding hydrogens is 683 g/mol. The normalized spacial score (nSPS) is 14.2. The van der Waals surface area contributed by atoms with Crippen molar-refractivity contribution in [2.75, 3.05) is 20.3 Å². The number of nitrogens with zero attached hydrogens (tertiary/aromatic N) is 2. The number of fused-ring (bicyclic) bond motifs is 1.